The molecule has 0 unspecified atom stereocenters. The minimum absolute atomic E-state index is 0.0477. The second-order valence-electron chi connectivity index (χ2n) is 6.59. The molecule has 3 rings (SSSR count). The van der Waals surface area contributed by atoms with Gasteiger partial charge in [0.2, 0.25) is 0 Å². The minimum Gasteiger partial charge on any atom is -0.354 e. The number of rotatable bonds is 3. The van der Waals surface area contributed by atoms with E-state index >= 15 is 0 Å². The van der Waals surface area contributed by atoms with E-state index in [4.69, 9.17) is 4.74 Å². The molecule has 0 N–H and O–H groups in total. The topological polar surface area (TPSA) is 29.5 Å². The monoisotopic (exact) mass is 309 g/mol. The Kier molecular flexibility index (Phi) is 4.22. The minimum atomic E-state index is -0.585. The van der Waals surface area contributed by atoms with Gasteiger partial charge in [-0.3, -0.25) is 4.79 Å². The van der Waals surface area contributed by atoms with E-state index in [-0.39, 0.29) is 11.9 Å². The molecular formula is C20H23NO2. The van der Waals surface area contributed by atoms with Gasteiger partial charge >= 0.3 is 0 Å². The van der Waals surface area contributed by atoms with E-state index in [0.717, 1.165) is 17.5 Å². The number of carbonyl (C=O) groups excluding carboxylic acids is 1. The maximum Gasteiger partial charge on any atom is 0.256 e. The van der Waals surface area contributed by atoms with Crippen molar-refractivity contribution in [2.75, 3.05) is 6.61 Å². The summed E-state index contributed by atoms with van der Waals surface area (Å²) in [6.07, 6.45) is 0.807. The van der Waals surface area contributed by atoms with Crippen LogP contribution in [0.5, 0.6) is 0 Å². The normalized spacial score (nSPS) is 19.8. The maximum atomic E-state index is 13.1. The Morgan fingerprint density at radius 2 is 1.78 bits per heavy atom. The molecule has 1 atom stereocenters. The van der Waals surface area contributed by atoms with Gasteiger partial charge in [-0.15, -0.1) is 0 Å². The molecule has 23 heavy (non-hydrogen) atoms. The van der Waals surface area contributed by atoms with Crippen LogP contribution in [0.1, 0.15) is 35.3 Å². The third-order valence-electron chi connectivity index (χ3n) is 4.48. The lowest BCUT2D eigenvalue weighted by atomic mass is 10.0. The van der Waals surface area contributed by atoms with Crippen LogP contribution in [0, 0.1) is 6.92 Å². The lowest BCUT2D eigenvalue weighted by Crippen LogP contribution is -2.48. The predicted octanol–water partition coefficient (Wildman–Crippen LogP) is 3.81. The zero-order valence-electron chi connectivity index (χ0n) is 14.0. The molecule has 1 aliphatic rings. The summed E-state index contributed by atoms with van der Waals surface area (Å²) in [6.45, 7) is 6.48. The lowest BCUT2D eigenvalue weighted by Gasteiger charge is -2.34. The molecule has 1 amide bonds. The van der Waals surface area contributed by atoms with Crippen molar-refractivity contribution in [3.8, 4) is 0 Å². The number of carbonyl (C=O) groups is 1. The number of hydrogen-bond donors (Lipinski definition) is 0. The van der Waals surface area contributed by atoms with Crippen LogP contribution in [-0.2, 0) is 11.2 Å². The largest absolute Gasteiger partial charge is 0.354 e. The zero-order chi connectivity index (χ0) is 16.4. The predicted molar refractivity (Wildman–Crippen MR) is 91.3 cm³/mol. The van der Waals surface area contributed by atoms with Crippen LogP contribution in [0.4, 0.5) is 0 Å². The summed E-state index contributed by atoms with van der Waals surface area (Å²) in [5.74, 6) is 0.0477. The molecule has 2 aromatic carbocycles. The lowest BCUT2D eigenvalue weighted by molar-refractivity contribution is -0.0402. The average Bonchev–Trinajstić information content (AvgIpc) is 2.83. The third-order valence-corrected chi connectivity index (χ3v) is 4.48. The summed E-state index contributed by atoms with van der Waals surface area (Å²) in [7, 11) is 0. The fourth-order valence-corrected chi connectivity index (χ4v) is 3.27. The molecule has 1 saturated heterocycles. The third kappa shape index (κ3) is 3.15. The van der Waals surface area contributed by atoms with Gasteiger partial charge in [0, 0.05) is 5.56 Å². The van der Waals surface area contributed by atoms with Gasteiger partial charge in [-0.25, -0.2) is 0 Å². The summed E-state index contributed by atoms with van der Waals surface area (Å²) in [4.78, 5) is 15.0. The van der Waals surface area contributed by atoms with Gasteiger partial charge in [-0.2, -0.15) is 0 Å². The van der Waals surface area contributed by atoms with Gasteiger partial charge in [0.15, 0.2) is 0 Å². The molecule has 0 aromatic heterocycles. The second-order valence-corrected chi connectivity index (χ2v) is 6.59. The molecule has 1 aliphatic heterocycles. The van der Waals surface area contributed by atoms with Gasteiger partial charge in [0.25, 0.3) is 5.91 Å². The van der Waals surface area contributed by atoms with Crippen LogP contribution >= 0.6 is 0 Å². The fraction of sp³-hybridized carbons (Fsp3) is 0.350. The molecule has 0 radical (unpaired) electrons. The van der Waals surface area contributed by atoms with Crippen LogP contribution in [-0.4, -0.2) is 29.2 Å². The van der Waals surface area contributed by atoms with Crippen molar-refractivity contribution in [1.29, 1.82) is 0 Å². The first-order chi connectivity index (χ1) is 11.0. The molecule has 3 nitrogen and oxygen atoms in total. The van der Waals surface area contributed by atoms with Gasteiger partial charge in [-0.05, 0) is 44.4 Å². The highest BCUT2D eigenvalue weighted by molar-refractivity contribution is 5.96. The Morgan fingerprint density at radius 1 is 1.13 bits per heavy atom. The van der Waals surface area contributed by atoms with Crippen molar-refractivity contribution in [2.24, 2.45) is 0 Å². The first-order valence-electron chi connectivity index (χ1n) is 8.06. The van der Waals surface area contributed by atoms with Crippen molar-refractivity contribution in [3.05, 3.63) is 71.3 Å². The Hall–Kier alpha value is -2.13. The van der Waals surface area contributed by atoms with Crippen molar-refractivity contribution in [3.63, 3.8) is 0 Å². The number of amides is 1. The Balaban J connectivity index is 1.89. The van der Waals surface area contributed by atoms with Crippen molar-refractivity contribution in [1.82, 2.24) is 4.90 Å². The first-order valence-corrected chi connectivity index (χ1v) is 8.06. The standard InChI is InChI=1S/C20H23NO2/c1-15-9-7-8-12-18(15)19(22)21-17(14-23-20(21,2)3)13-16-10-5-4-6-11-16/h4-12,17H,13-14H2,1-3H3/t17-/m0/s1. The number of ether oxygens (including phenoxy) is 1. The Bertz CT molecular complexity index is 694. The molecule has 2 aromatic rings. The van der Waals surface area contributed by atoms with Crippen LogP contribution in [0.25, 0.3) is 0 Å². The molecule has 1 heterocycles. The quantitative estimate of drug-likeness (QED) is 0.863. The maximum absolute atomic E-state index is 13.1. The van der Waals surface area contributed by atoms with E-state index in [2.05, 4.69) is 12.1 Å². The summed E-state index contributed by atoms with van der Waals surface area (Å²) in [5.41, 5.74) is 2.39. The molecule has 1 fully saturated rings. The summed E-state index contributed by atoms with van der Waals surface area (Å²) < 4.78 is 5.93. The van der Waals surface area contributed by atoms with Crippen molar-refractivity contribution >= 4 is 5.91 Å². The number of benzene rings is 2. The molecule has 0 spiro atoms. The summed E-state index contributed by atoms with van der Waals surface area (Å²) in [6, 6.07) is 18.1. The van der Waals surface area contributed by atoms with E-state index in [9.17, 15) is 4.79 Å². The molecular weight excluding hydrogens is 286 g/mol. The van der Waals surface area contributed by atoms with Gasteiger partial charge in [0.1, 0.15) is 5.72 Å². The van der Waals surface area contributed by atoms with Gasteiger partial charge < -0.3 is 9.64 Å². The van der Waals surface area contributed by atoms with E-state index < -0.39 is 5.72 Å². The van der Waals surface area contributed by atoms with Crippen LogP contribution in [0.15, 0.2) is 54.6 Å². The SMILES string of the molecule is Cc1ccccc1C(=O)N1[C@@H](Cc2ccccc2)COC1(C)C. The van der Waals surface area contributed by atoms with E-state index in [0.29, 0.717) is 6.61 Å². The first kappa shape index (κ1) is 15.8. The number of aryl methyl sites for hydroxylation is 1. The van der Waals surface area contributed by atoms with E-state index in [1.54, 1.807) is 0 Å². The van der Waals surface area contributed by atoms with Gasteiger partial charge in [0.05, 0.1) is 12.6 Å². The molecule has 0 bridgehead atoms. The Labute approximate surface area is 137 Å². The fourth-order valence-electron chi connectivity index (χ4n) is 3.27. The second kappa shape index (κ2) is 6.17. The molecule has 0 saturated carbocycles. The number of hydrogen-bond acceptors (Lipinski definition) is 2. The number of nitrogens with zero attached hydrogens (tertiary/aromatic N) is 1. The smallest absolute Gasteiger partial charge is 0.256 e. The van der Waals surface area contributed by atoms with Crippen LogP contribution in [0.3, 0.4) is 0 Å². The van der Waals surface area contributed by atoms with E-state index in [1.807, 2.05) is 68.1 Å². The molecule has 3 heteroatoms. The average molecular weight is 309 g/mol. The highest BCUT2D eigenvalue weighted by atomic mass is 16.5. The highest BCUT2D eigenvalue weighted by Gasteiger charge is 2.44. The highest BCUT2D eigenvalue weighted by Crippen LogP contribution is 2.31. The summed E-state index contributed by atoms with van der Waals surface area (Å²) in [5, 5.41) is 0. The summed E-state index contributed by atoms with van der Waals surface area (Å²) >= 11 is 0. The van der Waals surface area contributed by atoms with Crippen LogP contribution in [0.2, 0.25) is 0 Å². The van der Waals surface area contributed by atoms with Crippen molar-refractivity contribution in [2.45, 2.75) is 39.0 Å². The Morgan fingerprint density at radius 3 is 2.48 bits per heavy atom. The van der Waals surface area contributed by atoms with Gasteiger partial charge in [-0.1, -0.05) is 48.5 Å². The molecule has 120 valence electrons. The van der Waals surface area contributed by atoms with Crippen molar-refractivity contribution < 1.29 is 9.53 Å². The van der Waals surface area contributed by atoms with E-state index in [1.165, 1.54) is 5.56 Å². The molecule has 0 aliphatic carbocycles. The van der Waals surface area contributed by atoms with Crippen LogP contribution < -0.4 is 0 Å². The zero-order valence-corrected chi connectivity index (χ0v) is 14.0.